The molecule has 0 aliphatic rings. The Labute approximate surface area is 92.9 Å². The van der Waals surface area contributed by atoms with Gasteiger partial charge in [0.2, 0.25) is 0 Å². The molecule has 0 bridgehead atoms. The van der Waals surface area contributed by atoms with Gasteiger partial charge in [0, 0.05) is 6.04 Å². The molecule has 0 aromatic heterocycles. The van der Waals surface area contributed by atoms with Crippen LogP contribution in [0.1, 0.15) is 31.9 Å². The Morgan fingerprint density at radius 1 is 1.27 bits per heavy atom. The molecule has 1 N–H and O–H groups in total. The molecule has 0 fully saturated rings. The second-order valence-corrected chi connectivity index (χ2v) is 4.18. The van der Waals surface area contributed by atoms with Gasteiger partial charge in [-0.15, -0.1) is 6.42 Å². The van der Waals surface area contributed by atoms with Gasteiger partial charge in [-0.05, 0) is 17.9 Å². The predicted molar refractivity (Wildman–Crippen MR) is 65.5 cm³/mol. The molecular formula is C14H19N. The van der Waals surface area contributed by atoms with Crippen LogP contribution in [0.15, 0.2) is 30.3 Å². The fourth-order valence-corrected chi connectivity index (χ4v) is 1.68. The van der Waals surface area contributed by atoms with Crippen LogP contribution in [0.3, 0.4) is 0 Å². The van der Waals surface area contributed by atoms with Crippen LogP contribution in [0.5, 0.6) is 0 Å². The highest BCUT2D eigenvalue weighted by Crippen LogP contribution is 2.20. The summed E-state index contributed by atoms with van der Waals surface area (Å²) in [4.78, 5) is 0. The van der Waals surface area contributed by atoms with Crippen LogP contribution in [0.4, 0.5) is 0 Å². The summed E-state index contributed by atoms with van der Waals surface area (Å²) in [6.45, 7) is 5.09. The van der Waals surface area contributed by atoms with Crippen LogP contribution in [0.25, 0.3) is 0 Å². The Bertz CT molecular complexity index is 308. The monoisotopic (exact) mass is 201 g/mol. The molecule has 1 unspecified atom stereocenters. The minimum Gasteiger partial charge on any atom is -0.299 e. The zero-order valence-electron chi connectivity index (χ0n) is 9.53. The summed E-state index contributed by atoms with van der Waals surface area (Å²) in [5.74, 6) is 3.30. The van der Waals surface area contributed by atoms with Crippen LogP contribution in [-0.4, -0.2) is 6.54 Å². The van der Waals surface area contributed by atoms with Crippen molar-refractivity contribution in [2.24, 2.45) is 5.92 Å². The molecule has 0 aliphatic carbocycles. The molecule has 0 aliphatic heterocycles. The fraction of sp³-hybridized carbons (Fsp3) is 0.429. The van der Waals surface area contributed by atoms with Crippen LogP contribution in [0, 0.1) is 18.3 Å². The van der Waals surface area contributed by atoms with E-state index in [4.69, 9.17) is 6.42 Å². The summed E-state index contributed by atoms with van der Waals surface area (Å²) in [7, 11) is 0. The van der Waals surface area contributed by atoms with Gasteiger partial charge in [-0.25, -0.2) is 0 Å². The van der Waals surface area contributed by atoms with Crippen molar-refractivity contribution in [2.75, 3.05) is 6.54 Å². The van der Waals surface area contributed by atoms with E-state index in [1.165, 1.54) is 5.56 Å². The highest BCUT2D eigenvalue weighted by atomic mass is 14.9. The summed E-state index contributed by atoms with van der Waals surface area (Å²) in [5.41, 5.74) is 1.32. The fourth-order valence-electron chi connectivity index (χ4n) is 1.68. The van der Waals surface area contributed by atoms with Crippen molar-refractivity contribution >= 4 is 0 Å². The van der Waals surface area contributed by atoms with Gasteiger partial charge >= 0.3 is 0 Å². The summed E-state index contributed by atoms with van der Waals surface area (Å²) >= 11 is 0. The lowest BCUT2D eigenvalue weighted by Gasteiger charge is -2.19. The number of rotatable bonds is 5. The molecular weight excluding hydrogens is 182 g/mol. The Morgan fingerprint density at radius 3 is 2.47 bits per heavy atom. The Balaban J connectivity index is 2.68. The van der Waals surface area contributed by atoms with E-state index in [1.54, 1.807) is 0 Å². The molecule has 1 aromatic carbocycles. The largest absolute Gasteiger partial charge is 0.299 e. The summed E-state index contributed by atoms with van der Waals surface area (Å²) in [6, 6.07) is 10.9. The van der Waals surface area contributed by atoms with E-state index in [0.717, 1.165) is 6.42 Å². The van der Waals surface area contributed by atoms with E-state index in [2.05, 4.69) is 49.4 Å². The van der Waals surface area contributed by atoms with Crippen molar-refractivity contribution in [3.05, 3.63) is 35.9 Å². The van der Waals surface area contributed by atoms with Crippen LogP contribution in [-0.2, 0) is 0 Å². The SMILES string of the molecule is C#CCNC(CC(C)C)c1ccccc1. The second-order valence-electron chi connectivity index (χ2n) is 4.18. The van der Waals surface area contributed by atoms with Crippen molar-refractivity contribution in [2.45, 2.75) is 26.3 Å². The quantitative estimate of drug-likeness (QED) is 0.722. The van der Waals surface area contributed by atoms with Gasteiger partial charge in [0.25, 0.3) is 0 Å². The van der Waals surface area contributed by atoms with Crippen LogP contribution >= 0.6 is 0 Å². The molecule has 1 atom stereocenters. The minimum atomic E-state index is 0.377. The van der Waals surface area contributed by atoms with E-state index in [9.17, 15) is 0 Å². The summed E-state index contributed by atoms with van der Waals surface area (Å²) < 4.78 is 0. The van der Waals surface area contributed by atoms with Gasteiger partial charge < -0.3 is 0 Å². The van der Waals surface area contributed by atoms with Gasteiger partial charge in [-0.3, -0.25) is 5.32 Å². The van der Waals surface area contributed by atoms with E-state index in [0.29, 0.717) is 18.5 Å². The van der Waals surface area contributed by atoms with Crippen molar-refractivity contribution in [3.63, 3.8) is 0 Å². The first-order chi connectivity index (χ1) is 7.24. The standard InChI is InChI=1S/C14H19N/c1-4-10-15-14(11-12(2)3)13-8-6-5-7-9-13/h1,5-9,12,14-15H,10-11H2,2-3H3. The molecule has 0 amide bonds. The molecule has 0 saturated heterocycles. The molecule has 0 radical (unpaired) electrons. The lowest BCUT2D eigenvalue weighted by Crippen LogP contribution is -2.23. The van der Waals surface area contributed by atoms with E-state index >= 15 is 0 Å². The van der Waals surface area contributed by atoms with Crippen molar-refractivity contribution in [1.29, 1.82) is 0 Å². The maximum Gasteiger partial charge on any atom is 0.0578 e. The number of terminal acetylenes is 1. The van der Waals surface area contributed by atoms with E-state index in [1.807, 2.05) is 6.07 Å². The van der Waals surface area contributed by atoms with Gasteiger partial charge in [0.05, 0.1) is 6.54 Å². The lowest BCUT2D eigenvalue weighted by molar-refractivity contribution is 0.447. The summed E-state index contributed by atoms with van der Waals surface area (Å²) in [5, 5.41) is 3.38. The number of benzene rings is 1. The third-order valence-electron chi connectivity index (χ3n) is 2.36. The molecule has 1 rings (SSSR count). The van der Waals surface area contributed by atoms with Gasteiger partial charge in [0.1, 0.15) is 0 Å². The average molecular weight is 201 g/mol. The highest BCUT2D eigenvalue weighted by Gasteiger charge is 2.11. The van der Waals surface area contributed by atoms with E-state index in [-0.39, 0.29) is 0 Å². The molecule has 80 valence electrons. The Hall–Kier alpha value is -1.26. The van der Waals surface area contributed by atoms with Crippen molar-refractivity contribution in [3.8, 4) is 12.3 Å². The molecule has 0 spiro atoms. The molecule has 15 heavy (non-hydrogen) atoms. The Kier molecular flexibility index (Phi) is 4.93. The maximum atomic E-state index is 5.27. The maximum absolute atomic E-state index is 5.27. The predicted octanol–water partition coefficient (Wildman–Crippen LogP) is 3.00. The Morgan fingerprint density at radius 2 is 1.93 bits per heavy atom. The van der Waals surface area contributed by atoms with Crippen molar-refractivity contribution in [1.82, 2.24) is 5.32 Å². The third-order valence-corrected chi connectivity index (χ3v) is 2.36. The van der Waals surface area contributed by atoms with Gasteiger partial charge in [0.15, 0.2) is 0 Å². The first kappa shape index (κ1) is 11.8. The minimum absolute atomic E-state index is 0.377. The second kappa shape index (κ2) is 6.27. The normalized spacial score (nSPS) is 12.4. The smallest absolute Gasteiger partial charge is 0.0578 e. The topological polar surface area (TPSA) is 12.0 Å². The molecule has 1 nitrogen and oxygen atoms in total. The number of hydrogen-bond acceptors (Lipinski definition) is 1. The summed E-state index contributed by atoms with van der Waals surface area (Å²) in [6.07, 6.45) is 6.39. The number of nitrogens with one attached hydrogen (secondary N) is 1. The van der Waals surface area contributed by atoms with Crippen molar-refractivity contribution < 1.29 is 0 Å². The average Bonchev–Trinajstić information content (AvgIpc) is 2.25. The third kappa shape index (κ3) is 4.18. The van der Waals surface area contributed by atoms with Crippen LogP contribution in [0.2, 0.25) is 0 Å². The zero-order chi connectivity index (χ0) is 11.1. The molecule has 0 saturated carbocycles. The van der Waals surface area contributed by atoms with Gasteiger partial charge in [-0.2, -0.15) is 0 Å². The van der Waals surface area contributed by atoms with Gasteiger partial charge in [-0.1, -0.05) is 50.1 Å². The lowest BCUT2D eigenvalue weighted by atomic mass is 9.97. The highest BCUT2D eigenvalue weighted by molar-refractivity contribution is 5.19. The van der Waals surface area contributed by atoms with Crippen LogP contribution < -0.4 is 5.32 Å². The number of hydrogen-bond donors (Lipinski definition) is 1. The zero-order valence-corrected chi connectivity index (χ0v) is 9.53. The molecule has 1 aromatic rings. The molecule has 1 heteroatoms. The molecule has 0 heterocycles. The van der Waals surface area contributed by atoms with E-state index < -0.39 is 0 Å². The first-order valence-electron chi connectivity index (χ1n) is 5.46. The first-order valence-corrected chi connectivity index (χ1v) is 5.46.